The van der Waals surface area contributed by atoms with Crippen molar-refractivity contribution in [2.45, 2.75) is 13.3 Å². The highest BCUT2D eigenvalue weighted by Crippen LogP contribution is 2.10. The molecule has 0 aliphatic carbocycles. The Hall–Kier alpha value is -2.20. The molecular weight excluding hydrogens is 278 g/mol. The molecule has 1 rings (SSSR count). The monoisotopic (exact) mass is 299 g/mol. The van der Waals surface area contributed by atoms with E-state index >= 15 is 0 Å². The quantitative estimate of drug-likeness (QED) is 0.246. The summed E-state index contributed by atoms with van der Waals surface area (Å²) in [6.07, 6.45) is 0.821. The van der Waals surface area contributed by atoms with E-state index in [0.717, 1.165) is 6.42 Å². The Bertz CT molecular complexity index is 444. The second kappa shape index (κ2) is 9.66. The third-order valence-electron chi connectivity index (χ3n) is 2.21. The minimum Gasteiger partial charge on any atom is -0.463 e. The summed E-state index contributed by atoms with van der Waals surface area (Å²) in [5, 5.41) is 5.43. The molecule has 10 nitrogen and oxygen atoms in total. The molecule has 1 aromatic rings. The van der Waals surface area contributed by atoms with Crippen molar-refractivity contribution in [2.24, 2.45) is 5.84 Å². The molecule has 0 radical (unpaired) electrons. The van der Waals surface area contributed by atoms with Crippen LogP contribution in [0.4, 0.5) is 11.9 Å². The van der Waals surface area contributed by atoms with Crippen LogP contribution < -0.4 is 26.6 Å². The molecule has 1 heterocycles. The van der Waals surface area contributed by atoms with E-state index in [2.05, 4.69) is 31.0 Å². The fourth-order valence-electron chi connectivity index (χ4n) is 1.27. The summed E-state index contributed by atoms with van der Waals surface area (Å²) in [6.45, 7) is 3.35. The third kappa shape index (κ3) is 6.68. The van der Waals surface area contributed by atoms with Crippen LogP contribution in [0.5, 0.6) is 6.01 Å². The largest absolute Gasteiger partial charge is 0.463 e. The maximum atomic E-state index is 11.5. The van der Waals surface area contributed by atoms with E-state index in [-0.39, 0.29) is 30.4 Å². The Morgan fingerprint density at radius 3 is 2.67 bits per heavy atom. The number of nitrogens with two attached hydrogens (primary N) is 1. The van der Waals surface area contributed by atoms with Gasteiger partial charge in [0.1, 0.15) is 0 Å². The van der Waals surface area contributed by atoms with Gasteiger partial charge in [-0.2, -0.15) is 15.0 Å². The Labute approximate surface area is 122 Å². The number of hydrazine groups is 1. The standard InChI is InChI=1S/C11H21N7O3/c1-3-5-21-11-16-9(15-10(17-11)18-12)14-7-8(19)13-4-6-20-2/h3-7,12H2,1-2H3,(H,13,19)(H2,14,15,16,17,18). The number of nitrogen functional groups attached to an aromatic ring is 1. The molecule has 10 heteroatoms. The van der Waals surface area contributed by atoms with Crippen molar-refractivity contribution in [3.8, 4) is 6.01 Å². The molecule has 0 aliphatic rings. The summed E-state index contributed by atoms with van der Waals surface area (Å²) in [7, 11) is 1.56. The van der Waals surface area contributed by atoms with Crippen molar-refractivity contribution in [2.75, 3.05) is 44.2 Å². The number of hydrogen-bond acceptors (Lipinski definition) is 9. The second-order valence-electron chi connectivity index (χ2n) is 3.95. The third-order valence-corrected chi connectivity index (χ3v) is 2.21. The lowest BCUT2D eigenvalue weighted by atomic mass is 10.5. The van der Waals surface area contributed by atoms with Gasteiger partial charge in [-0.1, -0.05) is 6.92 Å². The van der Waals surface area contributed by atoms with Crippen LogP contribution in [0.25, 0.3) is 0 Å². The molecule has 0 bridgehead atoms. The van der Waals surface area contributed by atoms with Crippen molar-refractivity contribution in [1.82, 2.24) is 20.3 Å². The average molecular weight is 299 g/mol. The van der Waals surface area contributed by atoms with E-state index in [1.165, 1.54) is 0 Å². The Morgan fingerprint density at radius 2 is 2.00 bits per heavy atom. The fourth-order valence-corrected chi connectivity index (χ4v) is 1.27. The molecular formula is C11H21N7O3. The highest BCUT2D eigenvalue weighted by molar-refractivity contribution is 5.80. The number of methoxy groups -OCH3 is 1. The lowest BCUT2D eigenvalue weighted by Gasteiger charge is -2.09. The van der Waals surface area contributed by atoms with E-state index in [0.29, 0.717) is 19.8 Å². The number of carbonyl (C=O) groups excluding carboxylic acids is 1. The number of amides is 1. The summed E-state index contributed by atoms with van der Waals surface area (Å²) < 4.78 is 10.1. The Morgan fingerprint density at radius 1 is 1.24 bits per heavy atom. The van der Waals surface area contributed by atoms with E-state index in [1.807, 2.05) is 6.92 Å². The predicted octanol–water partition coefficient (Wildman–Crippen LogP) is -0.879. The average Bonchev–Trinajstić information content (AvgIpc) is 2.51. The van der Waals surface area contributed by atoms with Gasteiger partial charge in [-0.3, -0.25) is 10.2 Å². The number of anilines is 2. The van der Waals surface area contributed by atoms with Crippen LogP contribution in [0.1, 0.15) is 13.3 Å². The normalized spacial score (nSPS) is 10.0. The van der Waals surface area contributed by atoms with E-state index in [9.17, 15) is 4.79 Å². The zero-order chi connectivity index (χ0) is 15.5. The first-order chi connectivity index (χ1) is 10.2. The molecule has 0 aromatic carbocycles. The van der Waals surface area contributed by atoms with E-state index in [1.54, 1.807) is 7.11 Å². The summed E-state index contributed by atoms with van der Waals surface area (Å²) in [6, 6.07) is 0.141. The van der Waals surface area contributed by atoms with Crippen molar-refractivity contribution in [1.29, 1.82) is 0 Å². The zero-order valence-corrected chi connectivity index (χ0v) is 12.2. The molecule has 5 N–H and O–H groups in total. The van der Waals surface area contributed by atoms with Crippen LogP contribution in [-0.2, 0) is 9.53 Å². The van der Waals surface area contributed by atoms with Crippen molar-refractivity contribution >= 4 is 17.8 Å². The zero-order valence-electron chi connectivity index (χ0n) is 12.2. The molecule has 1 aromatic heterocycles. The maximum Gasteiger partial charge on any atom is 0.323 e. The van der Waals surface area contributed by atoms with Gasteiger partial charge < -0.3 is 20.1 Å². The number of nitrogens with zero attached hydrogens (tertiary/aromatic N) is 3. The summed E-state index contributed by atoms with van der Waals surface area (Å²) in [5.74, 6) is 5.42. The molecule has 21 heavy (non-hydrogen) atoms. The molecule has 0 aliphatic heterocycles. The van der Waals surface area contributed by atoms with Crippen LogP contribution >= 0.6 is 0 Å². The number of nitrogens with one attached hydrogen (secondary N) is 3. The number of carbonyl (C=O) groups is 1. The van der Waals surface area contributed by atoms with Crippen LogP contribution in [0, 0.1) is 0 Å². The van der Waals surface area contributed by atoms with Crippen molar-refractivity contribution in [3.05, 3.63) is 0 Å². The molecule has 0 spiro atoms. The van der Waals surface area contributed by atoms with Crippen LogP contribution in [0.3, 0.4) is 0 Å². The number of ether oxygens (including phenoxy) is 2. The molecule has 0 saturated carbocycles. The molecule has 0 atom stereocenters. The van der Waals surface area contributed by atoms with Gasteiger partial charge in [0.05, 0.1) is 19.8 Å². The molecule has 1 amide bonds. The van der Waals surface area contributed by atoms with E-state index in [4.69, 9.17) is 15.3 Å². The first kappa shape index (κ1) is 16.9. The van der Waals surface area contributed by atoms with Gasteiger partial charge in [-0.05, 0) is 6.42 Å². The summed E-state index contributed by atoms with van der Waals surface area (Å²) in [4.78, 5) is 23.5. The molecule has 118 valence electrons. The Kier molecular flexibility index (Phi) is 7.76. The van der Waals surface area contributed by atoms with Gasteiger partial charge in [0.25, 0.3) is 0 Å². The highest BCUT2D eigenvalue weighted by atomic mass is 16.5. The van der Waals surface area contributed by atoms with Gasteiger partial charge in [-0.25, -0.2) is 5.84 Å². The van der Waals surface area contributed by atoms with Gasteiger partial charge in [0.2, 0.25) is 17.8 Å². The highest BCUT2D eigenvalue weighted by Gasteiger charge is 2.08. The minimum absolute atomic E-state index is 0.0188. The number of hydrogen-bond donors (Lipinski definition) is 4. The van der Waals surface area contributed by atoms with Gasteiger partial charge in [0.15, 0.2) is 0 Å². The lowest BCUT2D eigenvalue weighted by molar-refractivity contribution is -0.119. The Balaban J connectivity index is 2.54. The molecule has 0 fully saturated rings. The summed E-state index contributed by atoms with van der Waals surface area (Å²) in [5.41, 5.74) is 2.31. The predicted molar refractivity (Wildman–Crippen MR) is 76.8 cm³/mol. The smallest absolute Gasteiger partial charge is 0.323 e. The SMILES string of the molecule is CCCOc1nc(NN)nc(NCC(=O)NCCOC)n1. The van der Waals surface area contributed by atoms with Gasteiger partial charge in [0, 0.05) is 13.7 Å². The lowest BCUT2D eigenvalue weighted by Crippen LogP contribution is -2.32. The number of rotatable bonds is 10. The minimum atomic E-state index is -0.203. The maximum absolute atomic E-state index is 11.5. The van der Waals surface area contributed by atoms with Crippen LogP contribution in [0.15, 0.2) is 0 Å². The molecule has 0 saturated heterocycles. The van der Waals surface area contributed by atoms with E-state index < -0.39 is 0 Å². The summed E-state index contributed by atoms with van der Waals surface area (Å²) >= 11 is 0. The van der Waals surface area contributed by atoms with Crippen molar-refractivity contribution in [3.63, 3.8) is 0 Å². The number of aromatic nitrogens is 3. The molecule has 0 unspecified atom stereocenters. The van der Waals surface area contributed by atoms with Gasteiger partial charge in [-0.15, -0.1) is 0 Å². The van der Waals surface area contributed by atoms with Crippen LogP contribution in [0.2, 0.25) is 0 Å². The van der Waals surface area contributed by atoms with Crippen LogP contribution in [-0.4, -0.2) is 54.3 Å². The first-order valence-corrected chi connectivity index (χ1v) is 6.54. The fraction of sp³-hybridized carbons (Fsp3) is 0.636. The first-order valence-electron chi connectivity index (χ1n) is 6.54. The van der Waals surface area contributed by atoms with Crippen molar-refractivity contribution < 1.29 is 14.3 Å². The van der Waals surface area contributed by atoms with Gasteiger partial charge >= 0.3 is 6.01 Å². The second-order valence-corrected chi connectivity index (χ2v) is 3.95. The topological polar surface area (TPSA) is 136 Å².